The van der Waals surface area contributed by atoms with Crippen molar-refractivity contribution >= 4 is 5.97 Å². The zero-order valence-corrected chi connectivity index (χ0v) is 14.9. The molecule has 0 spiro atoms. The van der Waals surface area contributed by atoms with Crippen LogP contribution < -0.4 is 14.2 Å². The fourth-order valence-corrected chi connectivity index (χ4v) is 3.33. The number of rotatable bonds is 5. The van der Waals surface area contributed by atoms with Crippen LogP contribution in [0.4, 0.5) is 0 Å². The lowest BCUT2D eigenvalue weighted by Crippen LogP contribution is -2.36. The van der Waals surface area contributed by atoms with E-state index in [4.69, 9.17) is 18.9 Å². The number of benzene rings is 2. The van der Waals surface area contributed by atoms with Crippen molar-refractivity contribution in [1.29, 1.82) is 0 Å². The summed E-state index contributed by atoms with van der Waals surface area (Å²) in [7, 11) is 3.25. The Balaban J connectivity index is 2.21. The molecule has 0 N–H and O–H groups in total. The summed E-state index contributed by atoms with van der Waals surface area (Å²) in [6, 6.07) is 11.4. The summed E-state index contributed by atoms with van der Waals surface area (Å²) < 4.78 is 22.5. The quantitative estimate of drug-likeness (QED) is 0.771. The molecule has 0 fully saturated rings. The highest BCUT2D eigenvalue weighted by atomic mass is 16.5. The van der Waals surface area contributed by atoms with Gasteiger partial charge < -0.3 is 18.9 Å². The average Bonchev–Trinajstić information content (AvgIpc) is 2.60. The third-order valence-corrected chi connectivity index (χ3v) is 4.40. The van der Waals surface area contributed by atoms with Crippen molar-refractivity contribution in [1.82, 2.24) is 0 Å². The minimum atomic E-state index is -0.852. The molecule has 0 amide bonds. The number of hydrogen-bond acceptors (Lipinski definition) is 5. The number of carbonyl (C=O) groups is 1. The minimum absolute atomic E-state index is 0.109. The zero-order chi connectivity index (χ0) is 18.0. The number of methoxy groups -OCH3 is 2. The monoisotopic (exact) mass is 342 g/mol. The average molecular weight is 342 g/mol. The second kappa shape index (κ2) is 6.67. The fourth-order valence-electron chi connectivity index (χ4n) is 3.33. The molecule has 25 heavy (non-hydrogen) atoms. The highest BCUT2D eigenvalue weighted by Gasteiger charge is 2.41. The van der Waals surface area contributed by atoms with Gasteiger partial charge in [0.25, 0.3) is 0 Å². The van der Waals surface area contributed by atoms with Crippen molar-refractivity contribution in [3.05, 3.63) is 42.0 Å². The first-order valence-electron chi connectivity index (χ1n) is 8.23. The number of fused-ring (bicyclic) bond motifs is 3. The van der Waals surface area contributed by atoms with Gasteiger partial charge in [-0.1, -0.05) is 18.2 Å². The van der Waals surface area contributed by atoms with E-state index in [1.165, 1.54) is 0 Å². The van der Waals surface area contributed by atoms with Crippen molar-refractivity contribution in [2.75, 3.05) is 20.8 Å². The number of ether oxygens (including phenoxy) is 4. The Bertz CT molecular complexity index is 799. The summed E-state index contributed by atoms with van der Waals surface area (Å²) in [6.45, 7) is 4.02. The molecule has 0 aliphatic carbocycles. The van der Waals surface area contributed by atoms with E-state index in [0.29, 0.717) is 23.9 Å². The van der Waals surface area contributed by atoms with Crippen LogP contribution in [-0.2, 0) is 15.1 Å². The zero-order valence-electron chi connectivity index (χ0n) is 14.9. The van der Waals surface area contributed by atoms with E-state index in [-0.39, 0.29) is 12.4 Å². The standard InChI is InChI=1S/C20H22O5/c1-5-24-17(21)12-20(2)13-8-6-9-14(22-3)18(13)19-15(23-4)10-7-11-16(19)25-20/h6-11H,5,12H2,1-4H3. The minimum Gasteiger partial charge on any atom is -0.496 e. The van der Waals surface area contributed by atoms with Crippen molar-refractivity contribution in [3.8, 4) is 28.4 Å². The van der Waals surface area contributed by atoms with Crippen LogP contribution in [0.5, 0.6) is 17.2 Å². The molecule has 2 aromatic carbocycles. The number of hydrogen-bond donors (Lipinski definition) is 0. The molecule has 0 saturated carbocycles. The Labute approximate surface area is 147 Å². The summed E-state index contributed by atoms with van der Waals surface area (Å²) in [5, 5.41) is 0. The highest BCUT2D eigenvalue weighted by molar-refractivity contribution is 5.86. The molecular weight excluding hydrogens is 320 g/mol. The van der Waals surface area contributed by atoms with Gasteiger partial charge in [0.15, 0.2) is 0 Å². The van der Waals surface area contributed by atoms with Gasteiger partial charge >= 0.3 is 5.97 Å². The van der Waals surface area contributed by atoms with Crippen molar-refractivity contribution in [2.45, 2.75) is 25.9 Å². The Morgan fingerprint density at radius 1 is 1.04 bits per heavy atom. The van der Waals surface area contributed by atoms with E-state index in [1.807, 2.05) is 43.3 Å². The maximum Gasteiger partial charge on any atom is 0.310 e. The Hall–Kier alpha value is -2.69. The topological polar surface area (TPSA) is 54.0 Å². The largest absolute Gasteiger partial charge is 0.496 e. The molecule has 0 aromatic heterocycles. The molecule has 0 saturated heterocycles. The molecule has 1 heterocycles. The second-order valence-corrected chi connectivity index (χ2v) is 6.03. The highest BCUT2D eigenvalue weighted by Crippen LogP contribution is 2.53. The maximum absolute atomic E-state index is 12.2. The van der Waals surface area contributed by atoms with E-state index in [2.05, 4.69) is 0 Å². The predicted octanol–water partition coefficient (Wildman–Crippen LogP) is 3.93. The molecular formula is C20H22O5. The summed E-state index contributed by atoms with van der Waals surface area (Å²) in [4.78, 5) is 12.2. The lowest BCUT2D eigenvalue weighted by Gasteiger charge is -2.38. The van der Waals surface area contributed by atoms with Crippen LogP contribution in [0.15, 0.2) is 36.4 Å². The van der Waals surface area contributed by atoms with Gasteiger partial charge in [0.05, 0.1) is 32.8 Å². The van der Waals surface area contributed by atoms with Gasteiger partial charge in [-0.25, -0.2) is 0 Å². The van der Waals surface area contributed by atoms with Gasteiger partial charge in [0.1, 0.15) is 22.8 Å². The molecule has 2 aromatic rings. The van der Waals surface area contributed by atoms with E-state index < -0.39 is 5.60 Å². The van der Waals surface area contributed by atoms with Crippen LogP contribution in [0.1, 0.15) is 25.8 Å². The maximum atomic E-state index is 12.2. The van der Waals surface area contributed by atoms with Crippen molar-refractivity contribution < 1.29 is 23.7 Å². The molecule has 1 unspecified atom stereocenters. The predicted molar refractivity (Wildman–Crippen MR) is 94.2 cm³/mol. The number of carbonyl (C=O) groups excluding carboxylic acids is 1. The smallest absolute Gasteiger partial charge is 0.310 e. The summed E-state index contributed by atoms with van der Waals surface area (Å²) in [6.07, 6.45) is 0.109. The Kier molecular flexibility index (Phi) is 4.57. The second-order valence-electron chi connectivity index (χ2n) is 6.03. The van der Waals surface area contributed by atoms with Crippen LogP contribution in [0, 0.1) is 0 Å². The van der Waals surface area contributed by atoms with Gasteiger partial charge in [0.2, 0.25) is 0 Å². The molecule has 1 aliphatic heterocycles. The SMILES string of the molecule is CCOC(=O)CC1(C)Oc2cccc(OC)c2-c2c(OC)cccc21. The molecule has 132 valence electrons. The first-order valence-corrected chi connectivity index (χ1v) is 8.23. The van der Waals surface area contributed by atoms with Crippen LogP contribution in [-0.4, -0.2) is 26.8 Å². The summed E-state index contributed by atoms with van der Waals surface area (Å²) >= 11 is 0. The summed E-state index contributed by atoms with van der Waals surface area (Å²) in [5.74, 6) is 1.76. The molecule has 3 rings (SSSR count). The van der Waals surface area contributed by atoms with E-state index in [0.717, 1.165) is 16.7 Å². The van der Waals surface area contributed by atoms with Gasteiger partial charge in [0, 0.05) is 11.1 Å². The normalized spacial score (nSPS) is 17.8. The lowest BCUT2D eigenvalue weighted by molar-refractivity contribution is -0.147. The van der Waals surface area contributed by atoms with Crippen LogP contribution >= 0.6 is 0 Å². The summed E-state index contributed by atoms with van der Waals surface area (Å²) in [5.41, 5.74) is 1.74. The van der Waals surface area contributed by atoms with Gasteiger partial charge in [-0.15, -0.1) is 0 Å². The molecule has 0 bridgehead atoms. The van der Waals surface area contributed by atoms with Crippen molar-refractivity contribution in [3.63, 3.8) is 0 Å². The molecule has 1 aliphatic rings. The lowest BCUT2D eigenvalue weighted by atomic mass is 9.82. The molecule has 5 nitrogen and oxygen atoms in total. The van der Waals surface area contributed by atoms with Gasteiger partial charge in [-0.2, -0.15) is 0 Å². The Morgan fingerprint density at radius 3 is 2.32 bits per heavy atom. The third-order valence-electron chi connectivity index (χ3n) is 4.40. The van der Waals surface area contributed by atoms with Gasteiger partial charge in [-0.05, 0) is 32.0 Å². The third kappa shape index (κ3) is 2.90. The van der Waals surface area contributed by atoms with Gasteiger partial charge in [-0.3, -0.25) is 4.79 Å². The van der Waals surface area contributed by atoms with Crippen LogP contribution in [0.25, 0.3) is 11.1 Å². The van der Waals surface area contributed by atoms with Crippen LogP contribution in [0.3, 0.4) is 0 Å². The molecule has 5 heteroatoms. The molecule has 1 atom stereocenters. The fraction of sp³-hybridized carbons (Fsp3) is 0.350. The first kappa shape index (κ1) is 17.1. The number of esters is 1. The van der Waals surface area contributed by atoms with E-state index in [9.17, 15) is 4.79 Å². The van der Waals surface area contributed by atoms with Crippen LogP contribution in [0.2, 0.25) is 0 Å². The molecule has 0 radical (unpaired) electrons. The van der Waals surface area contributed by atoms with Crippen molar-refractivity contribution in [2.24, 2.45) is 0 Å². The van der Waals surface area contributed by atoms with E-state index in [1.54, 1.807) is 21.1 Å². The first-order chi connectivity index (χ1) is 12.0. The van der Waals surface area contributed by atoms with E-state index >= 15 is 0 Å². The Morgan fingerprint density at radius 2 is 1.68 bits per heavy atom.